The van der Waals surface area contributed by atoms with Gasteiger partial charge in [0.1, 0.15) is 5.82 Å². The zero-order valence-corrected chi connectivity index (χ0v) is 18.4. The van der Waals surface area contributed by atoms with Crippen LogP contribution in [0.2, 0.25) is 0 Å². The lowest BCUT2D eigenvalue weighted by atomic mass is 9.95. The van der Waals surface area contributed by atoms with E-state index in [0.717, 1.165) is 22.0 Å². The van der Waals surface area contributed by atoms with E-state index in [0.29, 0.717) is 37.3 Å². The smallest absolute Gasteiger partial charge is 0.253 e. The summed E-state index contributed by atoms with van der Waals surface area (Å²) in [7, 11) is 1.96. The lowest BCUT2D eigenvalue weighted by Crippen LogP contribution is -2.41. The topological polar surface area (TPSA) is 80.1 Å². The Morgan fingerprint density at radius 3 is 2.48 bits per heavy atom. The highest BCUT2D eigenvalue weighted by atomic mass is 16.2. The number of aryl methyl sites for hydroxylation is 1. The average Bonchev–Trinajstić information content (AvgIpc) is 3.29. The van der Waals surface area contributed by atoms with Gasteiger partial charge in [0.2, 0.25) is 5.91 Å². The van der Waals surface area contributed by atoms with Crippen LogP contribution in [0.4, 0.5) is 5.82 Å². The third-order valence-corrected chi connectivity index (χ3v) is 6.26. The number of aromatic nitrogens is 3. The van der Waals surface area contributed by atoms with Gasteiger partial charge >= 0.3 is 0 Å². The van der Waals surface area contributed by atoms with Gasteiger partial charge < -0.3 is 14.8 Å². The first kappa shape index (κ1) is 20.9. The standard InChI is InChI=1S/C26H25N5O2/c1-30-17-27-16-23(30)20-7-8-21-15-28-24(14-22(21)13-20)29-25(32)18-9-11-31(12-10-18)26(33)19-5-3-2-4-6-19/h2-8,13-18H,9-12H2,1H3,(H,28,29,32). The summed E-state index contributed by atoms with van der Waals surface area (Å²) >= 11 is 0. The van der Waals surface area contributed by atoms with Crippen molar-refractivity contribution in [3.8, 4) is 11.3 Å². The van der Waals surface area contributed by atoms with Crippen LogP contribution >= 0.6 is 0 Å². The maximum atomic E-state index is 12.9. The third kappa shape index (κ3) is 4.35. The molecule has 7 heteroatoms. The fourth-order valence-corrected chi connectivity index (χ4v) is 4.34. The lowest BCUT2D eigenvalue weighted by Gasteiger charge is -2.31. The number of hydrogen-bond donors (Lipinski definition) is 1. The van der Waals surface area contributed by atoms with E-state index in [1.165, 1.54) is 0 Å². The summed E-state index contributed by atoms with van der Waals surface area (Å²) < 4.78 is 1.97. The number of anilines is 1. The summed E-state index contributed by atoms with van der Waals surface area (Å²) in [5.74, 6) is 0.381. The van der Waals surface area contributed by atoms with Crippen molar-refractivity contribution in [1.29, 1.82) is 0 Å². The van der Waals surface area contributed by atoms with Crippen molar-refractivity contribution < 1.29 is 9.59 Å². The number of imidazole rings is 1. The Labute approximate surface area is 192 Å². The highest BCUT2D eigenvalue weighted by molar-refractivity contribution is 5.96. The average molecular weight is 440 g/mol. The molecule has 2 aromatic heterocycles. The molecule has 7 nitrogen and oxygen atoms in total. The summed E-state index contributed by atoms with van der Waals surface area (Å²) in [5.41, 5.74) is 2.77. The number of nitrogens with one attached hydrogen (secondary N) is 1. The Bertz CT molecular complexity index is 1310. The van der Waals surface area contributed by atoms with Crippen LogP contribution in [-0.4, -0.2) is 44.3 Å². The second-order valence-corrected chi connectivity index (χ2v) is 8.44. The molecular weight excluding hydrogens is 414 g/mol. The molecule has 166 valence electrons. The maximum Gasteiger partial charge on any atom is 0.253 e. The number of nitrogens with zero attached hydrogens (tertiary/aromatic N) is 4. The number of fused-ring (bicyclic) bond motifs is 1. The van der Waals surface area contributed by atoms with Gasteiger partial charge in [0.05, 0.1) is 18.2 Å². The minimum Gasteiger partial charge on any atom is -0.339 e. The third-order valence-electron chi connectivity index (χ3n) is 6.26. The van der Waals surface area contributed by atoms with Crippen molar-refractivity contribution in [2.75, 3.05) is 18.4 Å². The molecule has 0 aliphatic carbocycles. The molecular formula is C26H25N5O2. The molecule has 1 N–H and O–H groups in total. The predicted octanol–water partition coefficient (Wildman–Crippen LogP) is 4.13. The van der Waals surface area contributed by atoms with Crippen LogP contribution in [0, 0.1) is 5.92 Å². The normalized spacial score (nSPS) is 14.4. The highest BCUT2D eigenvalue weighted by Gasteiger charge is 2.28. The molecule has 0 spiro atoms. The fraction of sp³-hybridized carbons (Fsp3) is 0.231. The van der Waals surface area contributed by atoms with Crippen LogP contribution in [0.1, 0.15) is 23.2 Å². The van der Waals surface area contributed by atoms with Gasteiger partial charge in [0, 0.05) is 48.8 Å². The Morgan fingerprint density at radius 2 is 1.76 bits per heavy atom. The molecule has 0 radical (unpaired) electrons. The van der Waals surface area contributed by atoms with E-state index in [9.17, 15) is 9.59 Å². The van der Waals surface area contributed by atoms with Gasteiger partial charge in [-0.3, -0.25) is 9.59 Å². The predicted molar refractivity (Wildman–Crippen MR) is 128 cm³/mol. The van der Waals surface area contributed by atoms with Crippen molar-refractivity contribution in [2.45, 2.75) is 12.8 Å². The number of benzene rings is 2. The van der Waals surface area contributed by atoms with Gasteiger partial charge in [-0.05, 0) is 42.5 Å². The maximum absolute atomic E-state index is 12.9. The summed E-state index contributed by atoms with van der Waals surface area (Å²) in [6.07, 6.45) is 6.67. The number of carbonyl (C=O) groups is 2. The number of pyridine rings is 1. The zero-order chi connectivity index (χ0) is 22.8. The first-order valence-corrected chi connectivity index (χ1v) is 11.1. The summed E-state index contributed by atoms with van der Waals surface area (Å²) in [4.78, 5) is 36.0. The number of piperidine rings is 1. The van der Waals surface area contributed by atoms with E-state index >= 15 is 0 Å². The molecule has 0 atom stereocenters. The Hall–Kier alpha value is -4.00. The fourth-order valence-electron chi connectivity index (χ4n) is 4.34. The SMILES string of the molecule is Cn1cncc1-c1ccc2cnc(NC(=O)C3CCN(C(=O)c4ccccc4)CC3)cc2c1. The first-order chi connectivity index (χ1) is 16.1. The largest absolute Gasteiger partial charge is 0.339 e. The molecule has 0 saturated carbocycles. The minimum absolute atomic E-state index is 0.0230. The van der Waals surface area contributed by atoms with Crippen molar-refractivity contribution in [2.24, 2.45) is 13.0 Å². The van der Waals surface area contributed by atoms with E-state index in [1.807, 2.05) is 71.2 Å². The van der Waals surface area contributed by atoms with E-state index in [2.05, 4.69) is 21.4 Å². The van der Waals surface area contributed by atoms with Crippen molar-refractivity contribution in [1.82, 2.24) is 19.4 Å². The monoisotopic (exact) mass is 439 g/mol. The van der Waals surface area contributed by atoms with Gasteiger partial charge in [0.25, 0.3) is 5.91 Å². The summed E-state index contributed by atoms with van der Waals surface area (Å²) in [5, 5.41) is 4.98. The molecule has 0 bridgehead atoms. The van der Waals surface area contributed by atoms with Crippen molar-refractivity contribution in [3.63, 3.8) is 0 Å². The summed E-state index contributed by atoms with van der Waals surface area (Å²) in [6, 6.07) is 17.3. The van der Waals surface area contributed by atoms with E-state index in [4.69, 9.17) is 0 Å². The van der Waals surface area contributed by atoms with Crippen LogP contribution in [-0.2, 0) is 11.8 Å². The number of rotatable bonds is 4. The Balaban J connectivity index is 1.25. The van der Waals surface area contributed by atoms with Crippen LogP contribution in [0.5, 0.6) is 0 Å². The molecule has 3 heterocycles. The van der Waals surface area contributed by atoms with Crippen LogP contribution in [0.15, 0.2) is 73.3 Å². The molecule has 2 aromatic carbocycles. The van der Waals surface area contributed by atoms with Crippen molar-refractivity contribution >= 4 is 28.4 Å². The second kappa shape index (κ2) is 8.86. The number of carbonyl (C=O) groups excluding carboxylic acids is 2. The van der Waals surface area contributed by atoms with Gasteiger partial charge in [-0.15, -0.1) is 0 Å². The number of hydrogen-bond acceptors (Lipinski definition) is 4. The van der Waals surface area contributed by atoms with E-state index < -0.39 is 0 Å². The first-order valence-electron chi connectivity index (χ1n) is 11.1. The molecule has 1 aliphatic rings. The minimum atomic E-state index is -0.136. The molecule has 1 fully saturated rings. The zero-order valence-electron chi connectivity index (χ0n) is 18.4. The Kier molecular flexibility index (Phi) is 5.60. The van der Waals surface area contributed by atoms with Crippen molar-refractivity contribution in [3.05, 3.63) is 78.9 Å². The number of amides is 2. The van der Waals surface area contributed by atoms with Crippen LogP contribution in [0.25, 0.3) is 22.0 Å². The molecule has 2 amide bonds. The summed E-state index contributed by atoms with van der Waals surface area (Å²) in [6.45, 7) is 1.15. The van der Waals surface area contributed by atoms with Gasteiger partial charge in [-0.1, -0.05) is 30.3 Å². The quantitative estimate of drug-likeness (QED) is 0.519. The lowest BCUT2D eigenvalue weighted by molar-refractivity contribution is -0.121. The van der Waals surface area contributed by atoms with E-state index in [-0.39, 0.29) is 17.7 Å². The molecule has 1 saturated heterocycles. The molecule has 1 aliphatic heterocycles. The second-order valence-electron chi connectivity index (χ2n) is 8.44. The van der Waals surface area contributed by atoms with Gasteiger partial charge in [-0.2, -0.15) is 0 Å². The molecule has 33 heavy (non-hydrogen) atoms. The Morgan fingerprint density at radius 1 is 0.970 bits per heavy atom. The van der Waals surface area contributed by atoms with Gasteiger partial charge in [-0.25, -0.2) is 9.97 Å². The molecule has 5 rings (SSSR count). The van der Waals surface area contributed by atoms with Gasteiger partial charge in [0.15, 0.2) is 0 Å². The van der Waals surface area contributed by atoms with Crippen LogP contribution in [0.3, 0.4) is 0 Å². The molecule has 0 unspecified atom stereocenters. The van der Waals surface area contributed by atoms with E-state index in [1.54, 1.807) is 12.5 Å². The molecule has 4 aromatic rings. The number of likely N-dealkylation sites (tertiary alicyclic amines) is 1. The highest BCUT2D eigenvalue weighted by Crippen LogP contribution is 2.26. The van der Waals surface area contributed by atoms with Crippen LogP contribution < -0.4 is 5.32 Å².